The van der Waals surface area contributed by atoms with E-state index in [0.717, 1.165) is 16.7 Å². The van der Waals surface area contributed by atoms with Gasteiger partial charge in [0.25, 0.3) is 0 Å². The largest absolute Gasteiger partial charge is 0.323 e. The zero-order valence-corrected chi connectivity index (χ0v) is 17.6. The van der Waals surface area contributed by atoms with E-state index in [9.17, 15) is 4.39 Å². The summed E-state index contributed by atoms with van der Waals surface area (Å²) in [7, 11) is 0. The maximum atomic E-state index is 14.6. The molecule has 0 aliphatic carbocycles. The van der Waals surface area contributed by atoms with E-state index in [0.29, 0.717) is 45.2 Å². The van der Waals surface area contributed by atoms with Crippen LogP contribution in [-0.4, -0.2) is 15.7 Å². The van der Waals surface area contributed by atoms with Gasteiger partial charge in [-0.25, -0.2) is 14.4 Å². The third-order valence-electron chi connectivity index (χ3n) is 5.01. The highest BCUT2D eigenvalue weighted by molar-refractivity contribution is 6.33. The normalized spacial score (nSPS) is 12.4. The molecular weight excluding hydrogens is 434 g/mol. The molecule has 0 fully saturated rings. The number of aromatic nitrogens is 2. The molecule has 0 spiro atoms. The molecule has 31 heavy (non-hydrogen) atoms. The molecule has 3 aromatic carbocycles. The number of hydrogen-bond acceptors (Lipinski definition) is 4. The lowest BCUT2D eigenvalue weighted by Crippen LogP contribution is -2.07. The summed E-state index contributed by atoms with van der Waals surface area (Å²) in [4.78, 5) is 13.9. The molecule has 7 heteroatoms. The van der Waals surface area contributed by atoms with Gasteiger partial charge in [0, 0.05) is 33.5 Å². The molecular formula is C24H15Cl2FN4. The number of aliphatic imine (C=N–C) groups is 1. The zero-order valence-electron chi connectivity index (χ0n) is 16.1. The van der Waals surface area contributed by atoms with Crippen LogP contribution in [0, 0.1) is 5.82 Å². The Kier molecular flexibility index (Phi) is 5.14. The minimum Gasteiger partial charge on any atom is -0.323 e. The lowest BCUT2D eigenvalue weighted by molar-refractivity contribution is 0.625. The van der Waals surface area contributed by atoms with Gasteiger partial charge >= 0.3 is 0 Å². The van der Waals surface area contributed by atoms with E-state index in [1.165, 1.54) is 6.07 Å². The Hall–Kier alpha value is -3.28. The van der Waals surface area contributed by atoms with Crippen LogP contribution in [-0.2, 0) is 6.54 Å². The van der Waals surface area contributed by atoms with E-state index in [4.69, 9.17) is 33.2 Å². The highest BCUT2D eigenvalue weighted by Gasteiger charge is 2.23. The Morgan fingerprint density at radius 2 is 1.68 bits per heavy atom. The first-order chi connectivity index (χ1) is 15.1. The number of anilines is 2. The van der Waals surface area contributed by atoms with Gasteiger partial charge in [0.15, 0.2) is 0 Å². The standard InChI is InChI=1S/C24H15Cl2FN4/c25-15-9-10-16-18(11-15)23(17-5-1-3-7-20(17)27)28-12-14-13-29-24(31-22(14)16)30-21-8-4-2-6-19(21)26/h1-11,13H,12H2,(H,29,30,31). The fourth-order valence-electron chi connectivity index (χ4n) is 3.55. The van der Waals surface area contributed by atoms with E-state index in [-0.39, 0.29) is 5.82 Å². The zero-order chi connectivity index (χ0) is 21.4. The van der Waals surface area contributed by atoms with Gasteiger partial charge in [-0.1, -0.05) is 53.5 Å². The first-order valence-electron chi connectivity index (χ1n) is 9.57. The van der Waals surface area contributed by atoms with Crippen molar-refractivity contribution in [1.29, 1.82) is 0 Å². The molecule has 0 saturated heterocycles. The van der Waals surface area contributed by atoms with E-state index < -0.39 is 0 Å². The molecule has 2 heterocycles. The van der Waals surface area contributed by atoms with Crippen molar-refractivity contribution in [3.63, 3.8) is 0 Å². The minimum absolute atomic E-state index is 0.317. The number of rotatable bonds is 3. The summed E-state index contributed by atoms with van der Waals surface area (Å²) in [6.07, 6.45) is 1.73. The number of para-hydroxylation sites is 1. The molecule has 1 N–H and O–H groups in total. The molecule has 0 radical (unpaired) electrons. The van der Waals surface area contributed by atoms with Crippen LogP contribution in [0.25, 0.3) is 11.3 Å². The van der Waals surface area contributed by atoms with Gasteiger partial charge < -0.3 is 5.32 Å². The van der Waals surface area contributed by atoms with Gasteiger partial charge in [-0.3, -0.25) is 4.99 Å². The topological polar surface area (TPSA) is 50.2 Å². The van der Waals surface area contributed by atoms with Gasteiger partial charge in [0.1, 0.15) is 5.82 Å². The molecule has 0 bridgehead atoms. The van der Waals surface area contributed by atoms with Gasteiger partial charge in [0.2, 0.25) is 5.95 Å². The van der Waals surface area contributed by atoms with Gasteiger partial charge in [0.05, 0.1) is 28.7 Å². The van der Waals surface area contributed by atoms with Crippen molar-refractivity contribution < 1.29 is 4.39 Å². The summed E-state index contributed by atoms with van der Waals surface area (Å²) in [6.45, 7) is 0.317. The summed E-state index contributed by atoms with van der Waals surface area (Å²) in [6, 6.07) is 19.4. The van der Waals surface area contributed by atoms with Crippen LogP contribution in [0.3, 0.4) is 0 Å². The Morgan fingerprint density at radius 1 is 0.871 bits per heavy atom. The summed E-state index contributed by atoms with van der Waals surface area (Å²) < 4.78 is 14.6. The number of halogens is 3. The molecule has 4 nitrogen and oxygen atoms in total. The molecule has 1 aliphatic rings. The Morgan fingerprint density at radius 3 is 2.52 bits per heavy atom. The SMILES string of the molecule is Fc1ccccc1C1=NCc2cnc(Nc3ccccc3Cl)nc2-c2ccc(Cl)cc21. The molecule has 1 aromatic heterocycles. The van der Waals surface area contributed by atoms with Crippen molar-refractivity contribution in [2.75, 3.05) is 5.32 Å². The van der Waals surface area contributed by atoms with E-state index in [1.54, 1.807) is 42.6 Å². The predicted molar refractivity (Wildman–Crippen MR) is 123 cm³/mol. The van der Waals surface area contributed by atoms with Crippen molar-refractivity contribution in [3.8, 4) is 11.3 Å². The molecule has 1 aliphatic heterocycles. The van der Waals surface area contributed by atoms with Crippen LogP contribution in [0.5, 0.6) is 0 Å². The fourth-order valence-corrected chi connectivity index (χ4v) is 3.91. The second-order valence-corrected chi connectivity index (χ2v) is 7.85. The maximum absolute atomic E-state index is 14.6. The molecule has 0 unspecified atom stereocenters. The van der Waals surface area contributed by atoms with Crippen LogP contribution in [0.2, 0.25) is 10.0 Å². The molecule has 152 valence electrons. The van der Waals surface area contributed by atoms with Gasteiger partial charge in [-0.15, -0.1) is 0 Å². The maximum Gasteiger partial charge on any atom is 0.227 e. The summed E-state index contributed by atoms with van der Waals surface area (Å²) in [5, 5.41) is 4.26. The fraction of sp³-hybridized carbons (Fsp3) is 0.0417. The van der Waals surface area contributed by atoms with E-state index in [1.807, 2.05) is 24.3 Å². The third kappa shape index (κ3) is 3.78. The number of fused-ring (bicyclic) bond motifs is 3. The average Bonchev–Trinajstić information content (AvgIpc) is 2.92. The molecule has 5 rings (SSSR count). The van der Waals surface area contributed by atoms with Crippen LogP contribution in [0.1, 0.15) is 16.7 Å². The molecule has 0 atom stereocenters. The quantitative estimate of drug-likeness (QED) is 0.379. The summed E-state index contributed by atoms with van der Waals surface area (Å²) >= 11 is 12.6. The second kappa shape index (κ2) is 8.10. The van der Waals surface area contributed by atoms with Crippen molar-refractivity contribution in [3.05, 3.63) is 105 Å². The van der Waals surface area contributed by atoms with Crippen molar-refractivity contribution in [2.24, 2.45) is 4.99 Å². The lowest BCUT2D eigenvalue weighted by atomic mass is 9.95. The number of nitrogens with zero attached hydrogens (tertiary/aromatic N) is 3. The van der Waals surface area contributed by atoms with E-state index >= 15 is 0 Å². The highest BCUT2D eigenvalue weighted by atomic mass is 35.5. The van der Waals surface area contributed by atoms with E-state index in [2.05, 4.69) is 10.3 Å². The van der Waals surface area contributed by atoms with Crippen LogP contribution < -0.4 is 5.32 Å². The van der Waals surface area contributed by atoms with Crippen molar-refractivity contribution >= 4 is 40.5 Å². The minimum atomic E-state index is -0.342. The van der Waals surface area contributed by atoms with Crippen LogP contribution >= 0.6 is 23.2 Å². The summed E-state index contributed by atoms with van der Waals surface area (Å²) in [5.41, 5.74) is 4.74. The number of nitrogens with one attached hydrogen (secondary N) is 1. The Bertz CT molecular complexity index is 1340. The second-order valence-electron chi connectivity index (χ2n) is 7.01. The van der Waals surface area contributed by atoms with Gasteiger partial charge in [-0.05, 0) is 36.4 Å². The highest BCUT2D eigenvalue weighted by Crippen LogP contribution is 2.34. The van der Waals surface area contributed by atoms with Gasteiger partial charge in [-0.2, -0.15) is 0 Å². The molecule has 0 amide bonds. The lowest BCUT2D eigenvalue weighted by Gasteiger charge is -2.13. The summed E-state index contributed by atoms with van der Waals surface area (Å²) in [5.74, 6) is 0.0624. The number of hydrogen-bond donors (Lipinski definition) is 1. The average molecular weight is 449 g/mol. The first-order valence-corrected chi connectivity index (χ1v) is 10.3. The van der Waals surface area contributed by atoms with Crippen molar-refractivity contribution in [1.82, 2.24) is 9.97 Å². The monoisotopic (exact) mass is 448 g/mol. The number of benzene rings is 3. The van der Waals surface area contributed by atoms with Crippen LogP contribution in [0.4, 0.5) is 16.0 Å². The Balaban J connectivity index is 1.64. The molecule has 0 saturated carbocycles. The van der Waals surface area contributed by atoms with Crippen molar-refractivity contribution in [2.45, 2.75) is 6.54 Å². The third-order valence-corrected chi connectivity index (χ3v) is 5.58. The predicted octanol–water partition coefficient (Wildman–Crippen LogP) is 6.68. The smallest absolute Gasteiger partial charge is 0.227 e. The molecule has 4 aromatic rings. The Labute approximate surface area is 188 Å². The van der Waals surface area contributed by atoms with Crippen LogP contribution in [0.15, 0.2) is 77.9 Å². The first kappa shape index (κ1) is 19.7.